The standard InChI is InChI=1S/C9H10FN3/c1-6(2)7-5-8(10)13-9(12-7)3-4-11-13/h3-6H,1-2H3. The summed E-state index contributed by atoms with van der Waals surface area (Å²) in [6.07, 6.45) is 1.54. The summed E-state index contributed by atoms with van der Waals surface area (Å²) in [6.45, 7) is 3.96. The first-order chi connectivity index (χ1) is 6.18. The van der Waals surface area contributed by atoms with E-state index in [2.05, 4.69) is 10.1 Å². The lowest BCUT2D eigenvalue weighted by atomic mass is 10.1. The van der Waals surface area contributed by atoms with Gasteiger partial charge in [-0.25, -0.2) is 4.98 Å². The van der Waals surface area contributed by atoms with Gasteiger partial charge in [-0.2, -0.15) is 14.0 Å². The molecule has 0 aliphatic heterocycles. The maximum Gasteiger partial charge on any atom is 0.217 e. The summed E-state index contributed by atoms with van der Waals surface area (Å²) in [5.41, 5.74) is 1.31. The molecule has 0 aromatic carbocycles. The Bertz CT molecular complexity index is 433. The van der Waals surface area contributed by atoms with Gasteiger partial charge in [0, 0.05) is 17.8 Å². The molecule has 4 heteroatoms. The second-order valence-electron chi connectivity index (χ2n) is 3.26. The Morgan fingerprint density at radius 1 is 1.46 bits per heavy atom. The number of fused-ring (bicyclic) bond motifs is 1. The summed E-state index contributed by atoms with van der Waals surface area (Å²) in [4.78, 5) is 4.26. The molecule has 0 bridgehead atoms. The molecule has 2 aromatic rings. The Balaban J connectivity index is 2.70. The average molecular weight is 179 g/mol. The minimum absolute atomic E-state index is 0.231. The Kier molecular flexibility index (Phi) is 1.76. The van der Waals surface area contributed by atoms with Crippen molar-refractivity contribution in [2.45, 2.75) is 19.8 Å². The molecule has 2 rings (SSSR count). The Morgan fingerprint density at radius 3 is 2.92 bits per heavy atom. The van der Waals surface area contributed by atoms with Crippen LogP contribution in [0.25, 0.3) is 5.65 Å². The van der Waals surface area contributed by atoms with Crippen LogP contribution in [0.4, 0.5) is 4.39 Å². The number of halogens is 1. The molecule has 0 spiro atoms. The molecule has 0 fully saturated rings. The van der Waals surface area contributed by atoms with E-state index in [4.69, 9.17) is 0 Å². The van der Waals surface area contributed by atoms with Crippen LogP contribution >= 0.6 is 0 Å². The first-order valence-corrected chi connectivity index (χ1v) is 4.18. The zero-order valence-electron chi connectivity index (χ0n) is 7.53. The van der Waals surface area contributed by atoms with Crippen LogP contribution in [0, 0.1) is 5.95 Å². The summed E-state index contributed by atoms with van der Waals surface area (Å²) in [5, 5.41) is 3.80. The first-order valence-electron chi connectivity index (χ1n) is 4.18. The van der Waals surface area contributed by atoms with E-state index in [1.807, 2.05) is 13.8 Å². The molecule has 68 valence electrons. The average Bonchev–Trinajstić information content (AvgIpc) is 2.51. The van der Waals surface area contributed by atoms with E-state index in [0.29, 0.717) is 5.65 Å². The molecule has 0 amide bonds. The molecule has 0 atom stereocenters. The Morgan fingerprint density at radius 2 is 2.23 bits per heavy atom. The van der Waals surface area contributed by atoms with E-state index in [1.165, 1.54) is 16.8 Å². The van der Waals surface area contributed by atoms with Crippen LogP contribution in [0.5, 0.6) is 0 Å². The van der Waals surface area contributed by atoms with Gasteiger partial charge < -0.3 is 0 Å². The van der Waals surface area contributed by atoms with E-state index in [0.717, 1.165) is 5.69 Å². The predicted octanol–water partition coefficient (Wildman–Crippen LogP) is 1.99. The molecule has 0 radical (unpaired) electrons. The van der Waals surface area contributed by atoms with Crippen LogP contribution in [0.15, 0.2) is 18.3 Å². The van der Waals surface area contributed by atoms with Gasteiger partial charge in [0.25, 0.3) is 0 Å². The van der Waals surface area contributed by atoms with Gasteiger partial charge in [-0.15, -0.1) is 0 Å². The fourth-order valence-electron chi connectivity index (χ4n) is 1.19. The Hall–Kier alpha value is -1.45. The second kappa shape index (κ2) is 2.80. The van der Waals surface area contributed by atoms with Gasteiger partial charge in [-0.05, 0) is 5.92 Å². The lowest BCUT2D eigenvalue weighted by Gasteiger charge is -2.04. The van der Waals surface area contributed by atoms with Crippen LogP contribution in [0.1, 0.15) is 25.5 Å². The first kappa shape index (κ1) is 8.16. The van der Waals surface area contributed by atoms with E-state index in [1.54, 1.807) is 6.07 Å². The highest BCUT2D eigenvalue weighted by Crippen LogP contribution is 2.14. The predicted molar refractivity (Wildman–Crippen MR) is 47.0 cm³/mol. The third-order valence-corrected chi connectivity index (χ3v) is 1.93. The number of nitrogens with zero attached hydrogens (tertiary/aromatic N) is 3. The van der Waals surface area contributed by atoms with Gasteiger partial charge in [0.2, 0.25) is 5.95 Å². The van der Waals surface area contributed by atoms with Crippen LogP contribution < -0.4 is 0 Å². The Labute approximate surface area is 75.2 Å². The monoisotopic (exact) mass is 179 g/mol. The summed E-state index contributed by atoms with van der Waals surface area (Å²) in [6, 6.07) is 3.11. The quantitative estimate of drug-likeness (QED) is 0.627. The van der Waals surface area contributed by atoms with Gasteiger partial charge in [0.15, 0.2) is 5.65 Å². The van der Waals surface area contributed by atoms with Gasteiger partial charge in [0.05, 0.1) is 6.20 Å². The zero-order chi connectivity index (χ0) is 9.42. The molecular weight excluding hydrogens is 169 g/mol. The van der Waals surface area contributed by atoms with Crippen LogP contribution in [-0.2, 0) is 0 Å². The minimum Gasteiger partial charge on any atom is -0.233 e. The van der Waals surface area contributed by atoms with Gasteiger partial charge in [-0.3, -0.25) is 0 Å². The van der Waals surface area contributed by atoms with Crippen molar-refractivity contribution in [1.82, 2.24) is 14.6 Å². The molecule has 0 aliphatic rings. The molecule has 0 aliphatic carbocycles. The van der Waals surface area contributed by atoms with Crippen LogP contribution in [-0.4, -0.2) is 14.6 Å². The molecule has 2 heterocycles. The third kappa shape index (κ3) is 1.28. The molecule has 0 unspecified atom stereocenters. The van der Waals surface area contributed by atoms with Crippen molar-refractivity contribution in [2.24, 2.45) is 0 Å². The summed E-state index contributed by atoms with van der Waals surface area (Å²) in [7, 11) is 0. The fraction of sp³-hybridized carbons (Fsp3) is 0.333. The van der Waals surface area contributed by atoms with Crippen molar-refractivity contribution in [3.63, 3.8) is 0 Å². The lowest BCUT2D eigenvalue weighted by Crippen LogP contribution is -2.01. The van der Waals surface area contributed by atoms with Crippen molar-refractivity contribution in [2.75, 3.05) is 0 Å². The highest BCUT2D eigenvalue weighted by Gasteiger charge is 2.07. The van der Waals surface area contributed by atoms with Crippen molar-refractivity contribution in [1.29, 1.82) is 0 Å². The molecule has 0 saturated heterocycles. The molecule has 0 N–H and O–H groups in total. The maximum absolute atomic E-state index is 13.3. The van der Waals surface area contributed by atoms with E-state index in [9.17, 15) is 4.39 Å². The van der Waals surface area contributed by atoms with E-state index >= 15 is 0 Å². The van der Waals surface area contributed by atoms with Crippen LogP contribution in [0.2, 0.25) is 0 Å². The summed E-state index contributed by atoms with van der Waals surface area (Å²) in [5.74, 6) is -0.131. The van der Waals surface area contributed by atoms with E-state index in [-0.39, 0.29) is 11.9 Å². The lowest BCUT2D eigenvalue weighted by molar-refractivity contribution is 0.536. The highest BCUT2D eigenvalue weighted by atomic mass is 19.1. The molecule has 13 heavy (non-hydrogen) atoms. The largest absolute Gasteiger partial charge is 0.233 e. The smallest absolute Gasteiger partial charge is 0.217 e. The minimum atomic E-state index is -0.362. The zero-order valence-corrected chi connectivity index (χ0v) is 7.53. The van der Waals surface area contributed by atoms with Crippen LogP contribution in [0.3, 0.4) is 0 Å². The summed E-state index contributed by atoms with van der Waals surface area (Å²) >= 11 is 0. The van der Waals surface area contributed by atoms with Crippen molar-refractivity contribution >= 4 is 5.65 Å². The number of rotatable bonds is 1. The molecular formula is C9H10FN3. The van der Waals surface area contributed by atoms with Crippen molar-refractivity contribution < 1.29 is 4.39 Å². The van der Waals surface area contributed by atoms with Gasteiger partial charge >= 0.3 is 0 Å². The number of aromatic nitrogens is 3. The summed E-state index contributed by atoms with van der Waals surface area (Å²) < 4.78 is 14.5. The molecule has 2 aromatic heterocycles. The normalized spacial score (nSPS) is 11.4. The van der Waals surface area contributed by atoms with Gasteiger partial charge in [-0.1, -0.05) is 13.8 Å². The highest BCUT2D eigenvalue weighted by molar-refractivity contribution is 5.37. The topological polar surface area (TPSA) is 30.2 Å². The van der Waals surface area contributed by atoms with E-state index < -0.39 is 0 Å². The van der Waals surface area contributed by atoms with Crippen molar-refractivity contribution in [3.8, 4) is 0 Å². The molecule has 0 saturated carbocycles. The van der Waals surface area contributed by atoms with Crippen molar-refractivity contribution in [3.05, 3.63) is 30.0 Å². The van der Waals surface area contributed by atoms with Gasteiger partial charge in [0.1, 0.15) is 0 Å². The fourth-order valence-corrected chi connectivity index (χ4v) is 1.19. The molecule has 3 nitrogen and oxygen atoms in total. The maximum atomic E-state index is 13.3. The second-order valence-corrected chi connectivity index (χ2v) is 3.26. The number of hydrogen-bond donors (Lipinski definition) is 0. The third-order valence-electron chi connectivity index (χ3n) is 1.93. The SMILES string of the molecule is CC(C)c1cc(F)n2nccc2n1. The number of hydrogen-bond acceptors (Lipinski definition) is 2.